The molecule has 0 unspecified atom stereocenters. The minimum absolute atomic E-state index is 0.314. The Balaban J connectivity index is 2.15. The van der Waals surface area contributed by atoms with Crippen molar-refractivity contribution in [2.75, 3.05) is 5.73 Å². The second kappa shape index (κ2) is 5.71. The van der Waals surface area contributed by atoms with Crippen LogP contribution >= 0.6 is 23.2 Å². The molecule has 0 atom stereocenters. The molecule has 120 valence electrons. The SMILES string of the molecule is NCc1c(N)[nH]c2c3ccccc3cc-2c1-c1ccc(Cl)cc1Cl. The molecule has 5 heteroatoms. The van der Waals surface area contributed by atoms with Gasteiger partial charge >= 0.3 is 0 Å². The number of fused-ring (bicyclic) bond motifs is 3. The molecule has 0 saturated carbocycles. The van der Waals surface area contributed by atoms with Gasteiger partial charge in [0.15, 0.2) is 0 Å². The highest BCUT2D eigenvalue weighted by atomic mass is 35.5. The summed E-state index contributed by atoms with van der Waals surface area (Å²) in [5.74, 6) is 0.558. The van der Waals surface area contributed by atoms with E-state index in [9.17, 15) is 0 Å². The largest absolute Gasteiger partial charge is 0.385 e. The number of halogens is 2. The molecule has 24 heavy (non-hydrogen) atoms. The van der Waals surface area contributed by atoms with Crippen molar-refractivity contribution in [3.8, 4) is 22.4 Å². The average Bonchev–Trinajstić information content (AvgIpc) is 2.92. The molecule has 4 rings (SSSR count). The second-order valence-corrected chi connectivity index (χ2v) is 6.58. The Bertz CT molecular complexity index is 1040. The van der Waals surface area contributed by atoms with Gasteiger partial charge in [-0.2, -0.15) is 0 Å². The van der Waals surface area contributed by atoms with E-state index in [2.05, 4.69) is 23.2 Å². The smallest absolute Gasteiger partial charge is 0.106 e. The fraction of sp³-hybridized carbons (Fsp3) is 0.0526. The highest BCUT2D eigenvalue weighted by Crippen LogP contribution is 2.45. The van der Waals surface area contributed by atoms with E-state index in [0.29, 0.717) is 22.4 Å². The van der Waals surface area contributed by atoms with Crippen LogP contribution in [0.25, 0.3) is 33.2 Å². The third-order valence-electron chi connectivity index (χ3n) is 4.36. The van der Waals surface area contributed by atoms with Crippen LogP contribution in [0.1, 0.15) is 5.56 Å². The Labute approximate surface area is 149 Å². The van der Waals surface area contributed by atoms with Crippen LogP contribution in [-0.2, 0) is 6.54 Å². The zero-order chi connectivity index (χ0) is 16.8. The summed E-state index contributed by atoms with van der Waals surface area (Å²) in [5, 5.41) is 3.43. The molecule has 0 fully saturated rings. The van der Waals surface area contributed by atoms with E-state index >= 15 is 0 Å². The molecule has 5 N–H and O–H groups in total. The predicted molar refractivity (Wildman–Crippen MR) is 103 cm³/mol. The summed E-state index contributed by atoms with van der Waals surface area (Å²) in [6.45, 7) is 0.314. The summed E-state index contributed by atoms with van der Waals surface area (Å²) in [5.41, 5.74) is 17.0. The first-order chi connectivity index (χ1) is 11.6. The summed E-state index contributed by atoms with van der Waals surface area (Å²) < 4.78 is 0. The van der Waals surface area contributed by atoms with Gasteiger partial charge in [-0.3, -0.25) is 0 Å². The summed E-state index contributed by atoms with van der Waals surface area (Å²) >= 11 is 12.5. The molecule has 1 aliphatic carbocycles. The Morgan fingerprint density at radius 3 is 2.50 bits per heavy atom. The highest BCUT2D eigenvalue weighted by molar-refractivity contribution is 6.36. The van der Waals surface area contributed by atoms with Crippen LogP contribution in [-0.4, -0.2) is 4.98 Å². The van der Waals surface area contributed by atoms with Crippen LogP contribution in [0.5, 0.6) is 0 Å². The molecule has 0 saturated heterocycles. The summed E-state index contributed by atoms with van der Waals surface area (Å²) in [4.78, 5) is 3.30. The van der Waals surface area contributed by atoms with Crippen molar-refractivity contribution in [3.05, 3.63) is 64.1 Å². The van der Waals surface area contributed by atoms with Gasteiger partial charge in [0.05, 0.1) is 5.69 Å². The lowest BCUT2D eigenvalue weighted by Gasteiger charge is -2.18. The fourth-order valence-electron chi connectivity index (χ4n) is 3.27. The standard InChI is InChI=1S/C19H15Cl2N3/c20-11-5-6-13(16(21)8-11)17-14-7-10-3-1-2-4-12(10)18(14)24-19(23)15(17)9-22/h1-8,24H,9,22-23H2. The number of hydrogen-bond acceptors (Lipinski definition) is 2. The van der Waals surface area contributed by atoms with Crippen molar-refractivity contribution in [1.82, 2.24) is 4.98 Å². The Hall–Kier alpha value is -2.20. The molecule has 1 heterocycles. The van der Waals surface area contributed by atoms with Gasteiger partial charge in [-0.15, -0.1) is 0 Å². The minimum atomic E-state index is 0.314. The van der Waals surface area contributed by atoms with Crippen LogP contribution < -0.4 is 11.5 Å². The second-order valence-electron chi connectivity index (χ2n) is 5.74. The summed E-state index contributed by atoms with van der Waals surface area (Å²) in [7, 11) is 0. The van der Waals surface area contributed by atoms with E-state index in [1.165, 1.54) is 0 Å². The van der Waals surface area contributed by atoms with Crippen molar-refractivity contribution in [2.45, 2.75) is 6.54 Å². The maximum atomic E-state index is 6.47. The average molecular weight is 356 g/mol. The van der Waals surface area contributed by atoms with E-state index in [4.69, 9.17) is 34.7 Å². The molecular weight excluding hydrogens is 341 g/mol. The van der Waals surface area contributed by atoms with Crippen LogP contribution in [0.2, 0.25) is 10.0 Å². The van der Waals surface area contributed by atoms with Gasteiger partial charge in [0.2, 0.25) is 0 Å². The third kappa shape index (κ3) is 2.25. The van der Waals surface area contributed by atoms with Crippen molar-refractivity contribution < 1.29 is 0 Å². The van der Waals surface area contributed by atoms with Crippen molar-refractivity contribution in [3.63, 3.8) is 0 Å². The molecule has 0 aromatic heterocycles. The van der Waals surface area contributed by atoms with Gasteiger partial charge in [-0.1, -0.05) is 53.5 Å². The van der Waals surface area contributed by atoms with Crippen LogP contribution in [0.3, 0.4) is 0 Å². The van der Waals surface area contributed by atoms with Gasteiger partial charge in [0.25, 0.3) is 0 Å². The van der Waals surface area contributed by atoms with Crippen LogP contribution in [0, 0.1) is 0 Å². The van der Waals surface area contributed by atoms with E-state index in [1.54, 1.807) is 6.07 Å². The third-order valence-corrected chi connectivity index (χ3v) is 4.91. The van der Waals surface area contributed by atoms with Crippen LogP contribution in [0.4, 0.5) is 5.82 Å². The quantitative estimate of drug-likeness (QED) is 0.457. The normalized spacial score (nSPS) is 11.5. The Morgan fingerprint density at radius 2 is 1.75 bits per heavy atom. The first-order valence-electron chi connectivity index (χ1n) is 7.57. The number of nitrogen functional groups attached to an aromatic ring is 1. The van der Waals surface area contributed by atoms with E-state index < -0.39 is 0 Å². The molecule has 2 aromatic carbocycles. The first kappa shape index (κ1) is 15.3. The molecule has 0 radical (unpaired) electrons. The van der Waals surface area contributed by atoms with Crippen LogP contribution in [0.15, 0.2) is 48.5 Å². The maximum Gasteiger partial charge on any atom is 0.106 e. The molecular formula is C19H15Cl2N3. The Kier molecular flexibility index (Phi) is 3.65. The number of hydrogen-bond donors (Lipinski definition) is 3. The lowest BCUT2D eigenvalue weighted by Crippen LogP contribution is -2.08. The number of anilines is 1. The number of nitrogens with one attached hydrogen (secondary N) is 1. The lowest BCUT2D eigenvalue weighted by atomic mass is 9.94. The predicted octanol–water partition coefficient (Wildman–Crippen LogP) is 5.29. The fourth-order valence-corrected chi connectivity index (χ4v) is 3.78. The number of aromatic amines is 1. The molecule has 1 aliphatic heterocycles. The maximum absolute atomic E-state index is 6.47. The van der Waals surface area contributed by atoms with Gasteiger partial charge < -0.3 is 16.5 Å². The number of aromatic nitrogens is 1. The molecule has 3 nitrogen and oxygen atoms in total. The van der Waals surface area contributed by atoms with Gasteiger partial charge in [-0.05, 0) is 23.6 Å². The van der Waals surface area contributed by atoms with Crippen molar-refractivity contribution >= 4 is 39.8 Å². The molecule has 0 bridgehead atoms. The van der Waals surface area contributed by atoms with E-state index in [0.717, 1.165) is 38.7 Å². The summed E-state index contributed by atoms with van der Waals surface area (Å²) in [6, 6.07) is 15.8. The molecule has 2 aliphatic rings. The molecule has 2 aromatic rings. The first-order valence-corrected chi connectivity index (χ1v) is 8.33. The zero-order valence-corrected chi connectivity index (χ0v) is 14.2. The monoisotopic (exact) mass is 355 g/mol. The highest BCUT2D eigenvalue weighted by Gasteiger charge is 2.22. The number of rotatable bonds is 2. The number of H-pyrrole nitrogens is 1. The van der Waals surface area contributed by atoms with Gasteiger partial charge in [0, 0.05) is 44.2 Å². The van der Waals surface area contributed by atoms with Gasteiger partial charge in [0.1, 0.15) is 5.82 Å². The minimum Gasteiger partial charge on any atom is -0.385 e. The van der Waals surface area contributed by atoms with E-state index in [-0.39, 0.29) is 0 Å². The zero-order valence-electron chi connectivity index (χ0n) is 12.7. The Morgan fingerprint density at radius 1 is 0.958 bits per heavy atom. The lowest BCUT2D eigenvalue weighted by molar-refractivity contribution is 1.06. The molecule has 0 amide bonds. The van der Waals surface area contributed by atoms with Crippen molar-refractivity contribution in [1.29, 1.82) is 0 Å². The topological polar surface area (TPSA) is 67.8 Å². The number of nitrogens with two attached hydrogens (primary N) is 2. The van der Waals surface area contributed by atoms with E-state index in [1.807, 2.05) is 24.3 Å². The number of pyridine rings is 1. The summed E-state index contributed by atoms with van der Waals surface area (Å²) in [6.07, 6.45) is 0. The number of benzene rings is 2. The van der Waals surface area contributed by atoms with Crippen molar-refractivity contribution in [2.24, 2.45) is 5.73 Å². The van der Waals surface area contributed by atoms with Gasteiger partial charge in [-0.25, -0.2) is 0 Å². The molecule has 0 spiro atoms.